The summed E-state index contributed by atoms with van der Waals surface area (Å²) < 4.78 is 0. The van der Waals surface area contributed by atoms with Crippen molar-refractivity contribution in [2.24, 2.45) is 5.41 Å². The Balaban J connectivity index is 2.28. The average Bonchev–Trinajstić information content (AvgIpc) is 2.37. The molecule has 20 heavy (non-hydrogen) atoms. The van der Waals surface area contributed by atoms with E-state index in [1.54, 1.807) is 12.1 Å². The van der Waals surface area contributed by atoms with Crippen LogP contribution in [0.5, 0.6) is 0 Å². The van der Waals surface area contributed by atoms with E-state index in [9.17, 15) is 14.9 Å². The highest BCUT2D eigenvalue weighted by Crippen LogP contribution is 2.33. The van der Waals surface area contributed by atoms with E-state index in [0.29, 0.717) is 5.41 Å². The summed E-state index contributed by atoms with van der Waals surface area (Å²) in [5, 5.41) is 10.9. The topological polar surface area (TPSA) is 63.5 Å². The van der Waals surface area contributed by atoms with Gasteiger partial charge >= 0.3 is 0 Å². The van der Waals surface area contributed by atoms with E-state index >= 15 is 0 Å². The first-order valence-electron chi connectivity index (χ1n) is 6.84. The lowest BCUT2D eigenvalue weighted by Gasteiger charge is -2.38. The van der Waals surface area contributed by atoms with E-state index in [0.717, 1.165) is 31.6 Å². The van der Waals surface area contributed by atoms with Gasteiger partial charge in [0.2, 0.25) is 0 Å². The average molecular weight is 276 g/mol. The fourth-order valence-electron chi connectivity index (χ4n) is 2.53. The number of hydrogen-bond donors (Lipinski definition) is 0. The molecule has 1 saturated heterocycles. The van der Waals surface area contributed by atoms with Crippen LogP contribution in [0.25, 0.3) is 0 Å². The van der Waals surface area contributed by atoms with Crippen molar-refractivity contribution < 1.29 is 9.72 Å². The molecule has 0 N–H and O–H groups in total. The summed E-state index contributed by atoms with van der Waals surface area (Å²) >= 11 is 0. The standard InChI is InChI=1S/C15H20N2O3/c1-11(18)13-10-12(4-5-14(13)17(19)20)16-8-6-15(2,3)7-9-16/h4-5,10H,6-9H2,1-3H3. The summed E-state index contributed by atoms with van der Waals surface area (Å²) in [5.41, 5.74) is 1.33. The molecule has 1 fully saturated rings. The van der Waals surface area contributed by atoms with Crippen LogP contribution in [0.4, 0.5) is 11.4 Å². The first kappa shape index (κ1) is 14.5. The molecule has 1 heterocycles. The molecule has 0 aliphatic carbocycles. The second-order valence-electron chi connectivity index (χ2n) is 6.17. The summed E-state index contributed by atoms with van der Waals surface area (Å²) in [6, 6.07) is 4.83. The fourth-order valence-corrected chi connectivity index (χ4v) is 2.53. The van der Waals surface area contributed by atoms with E-state index in [2.05, 4.69) is 18.7 Å². The summed E-state index contributed by atoms with van der Waals surface area (Å²) in [5.74, 6) is -0.268. The van der Waals surface area contributed by atoms with Crippen LogP contribution in [0.15, 0.2) is 18.2 Å². The lowest BCUT2D eigenvalue weighted by molar-refractivity contribution is -0.385. The molecule has 0 saturated carbocycles. The molecule has 1 aliphatic rings. The van der Waals surface area contributed by atoms with Crippen LogP contribution in [0.2, 0.25) is 0 Å². The summed E-state index contributed by atoms with van der Waals surface area (Å²) in [6.07, 6.45) is 2.17. The molecule has 0 bridgehead atoms. The van der Waals surface area contributed by atoms with Crippen molar-refractivity contribution in [3.63, 3.8) is 0 Å². The van der Waals surface area contributed by atoms with Crippen molar-refractivity contribution in [3.8, 4) is 0 Å². The number of carbonyl (C=O) groups is 1. The van der Waals surface area contributed by atoms with Gasteiger partial charge < -0.3 is 4.90 Å². The van der Waals surface area contributed by atoms with Gasteiger partial charge in [0.15, 0.2) is 5.78 Å². The predicted octanol–water partition coefficient (Wildman–Crippen LogP) is 3.42. The van der Waals surface area contributed by atoms with Crippen LogP contribution in [-0.2, 0) is 0 Å². The molecule has 1 aromatic carbocycles. The van der Waals surface area contributed by atoms with Gasteiger partial charge in [-0.25, -0.2) is 0 Å². The molecule has 0 amide bonds. The summed E-state index contributed by atoms with van der Waals surface area (Å²) in [4.78, 5) is 24.2. The molecule has 5 heteroatoms. The number of benzene rings is 1. The second kappa shape index (κ2) is 5.23. The number of anilines is 1. The minimum absolute atomic E-state index is 0.112. The zero-order valence-electron chi connectivity index (χ0n) is 12.2. The van der Waals surface area contributed by atoms with Gasteiger partial charge in [0.1, 0.15) is 0 Å². The highest BCUT2D eigenvalue weighted by molar-refractivity contribution is 5.99. The number of Topliss-reactive ketones (excluding diaryl/α,β-unsaturated/α-hetero) is 1. The van der Waals surface area contributed by atoms with Gasteiger partial charge in [0.25, 0.3) is 5.69 Å². The number of piperidine rings is 1. The molecule has 2 rings (SSSR count). The zero-order chi connectivity index (χ0) is 14.9. The fraction of sp³-hybridized carbons (Fsp3) is 0.533. The molecule has 0 aromatic heterocycles. The first-order valence-corrected chi connectivity index (χ1v) is 6.84. The smallest absolute Gasteiger partial charge is 0.280 e. The zero-order valence-corrected chi connectivity index (χ0v) is 12.2. The third-order valence-electron chi connectivity index (χ3n) is 4.04. The van der Waals surface area contributed by atoms with Gasteiger partial charge in [-0.2, -0.15) is 0 Å². The SMILES string of the molecule is CC(=O)c1cc(N2CCC(C)(C)CC2)ccc1[N+](=O)[O-]. The van der Waals surface area contributed by atoms with Crippen molar-refractivity contribution in [3.05, 3.63) is 33.9 Å². The van der Waals surface area contributed by atoms with Crippen molar-refractivity contribution in [2.75, 3.05) is 18.0 Å². The van der Waals surface area contributed by atoms with Gasteiger partial charge in [-0.05, 0) is 37.3 Å². The molecule has 0 spiro atoms. The lowest BCUT2D eigenvalue weighted by atomic mass is 9.82. The van der Waals surface area contributed by atoms with E-state index < -0.39 is 4.92 Å². The maximum atomic E-state index is 11.6. The highest BCUT2D eigenvalue weighted by Gasteiger charge is 2.26. The monoisotopic (exact) mass is 276 g/mol. The maximum Gasteiger partial charge on any atom is 0.280 e. The second-order valence-corrected chi connectivity index (χ2v) is 6.17. The Hall–Kier alpha value is -1.91. The molecule has 0 unspecified atom stereocenters. The number of nitro groups is 1. The Morgan fingerprint density at radius 3 is 2.40 bits per heavy atom. The quantitative estimate of drug-likeness (QED) is 0.482. The summed E-state index contributed by atoms with van der Waals surface area (Å²) in [6.45, 7) is 7.71. The van der Waals surface area contributed by atoms with Gasteiger partial charge in [-0.1, -0.05) is 13.8 Å². The van der Waals surface area contributed by atoms with Gasteiger partial charge in [-0.3, -0.25) is 14.9 Å². The van der Waals surface area contributed by atoms with E-state index in [4.69, 9.17) is 0 Å². The van der Waals surface area contributed by atoms with Gasteiger partial charge in [-0.15, -0.1) is 0 Å². The largest absolute Gasteiger partial charge is 0.371 e. The molecular formula is C15H20N2O3. The van der Waals surface area contributed by atoms with Crippen LogP contribution in [0, 0.1) is 15.5 Å². The van der Waals surface area contributed by atoms with Crippen molar-refractivity contribution >= 4 is 17.2 Å². The highest BCUT2D eigenvalue weighted by atomic mass is 16.6. The van der Waals surface area contributed by atoms with Crippen molar-refractivity contribution in [1.82, 2.24) is 0 Å². The third kappa shape index (κ3) is 2.98. The van der Waals surface area contributed by atoms with Gasteiger partial charge in [0.05, 0.1) is 10.5 Å². The predicted molar refractivity (Wildman–Crippen MR) is 78.3 cm³/mol. The minimum Gasteiger partial charge on any atom is -0.371 e. The number of nitro benzene ring substituents is 1. The third-order valence-corrected chi connectivity index (χ3v) is 4.04. The van der Waals surface area contributed by atoms with Crippen LogP contribution in [0.3, 0.4) is 0 Å². The molecule has 1 aromatic rings. The molecule has 108 valence electrons. The van der Waals surface area contributed by atoms with Crippen LogP contribution in [-0.4, -0.2) is 23.8 Å². The lowest BCUT2D eigenvalue weighted by Crippen LogP contribution is -2.37. The Kier molecular flexibility index (Phi) is 3.79. The van der Waals surface area contributed by atoms with Crippen LogP contribution < -0.4 is 4.90 Å². The normalized spacial score (nSPS) is 17.9. The number of ketones is 1. The van der Waals surface area contributed by atoms with E-state index in [-0.39, 0.29) is 17.0 Å². The molecule has 0 radical (unpaired) electrons. The van der Waals surface area contributed by atoms with Gasteiger partial charge in [0, 0.05) is 24.8 Å². The molecular weight excluding hydrogens is 256 g/mol. The Morgan fingerprint density at radius 2 is 1.90 bits per heavy atom. The first-order chi connectivity index (χ1) is 9.30. The molecule has 5 nitrogen and oxygen atoms in total. The molecule has 1 aliphatic heterocycles. The summed E-state index contributed by atoms with van der Waals surface area (Å²) in [7, 11) is 0. The number of hydrogen-bond acceptors (Lipinski definition) is 4. The van der Waals surface area contributed by atoms with Crippen LogP contribution >= 0.6 is 0 Å². The van der Waals surface area contributed by atoms with E-state index in [1.807, 2.05) is 0 Å². The number of rotatable bonds is 3. The Bertz CT molecular complexity index is 542. The number of nitrogens with zero attached hydrogens (tertiary/aromatic N) is 2. The molecule has 0 atom stereocenters. The maximum absolute atomic E-state index is 11.6. The van der Waals surface area contributed by atoms with Crippen molar-refractivity contribution in [2.45, 2.75) is 33.6 Å². The van der Waals surface area contributed by atoms with E-state index in [1.165, 1.54) is 13.0 Å². The van der Waals surface area contributed by atoms with Crippen LogP contribution in [0.1, 0.15) is 44.0 Å². The Labute approximate surface area is 118 Å². The minimum atomic E-state index is -0.500. The van der Waals surface area contributed by atoms with Crippen molar-refractivity contribution in [1.29, 1.82) is 0 Å². The Morgan fingerprint density at radius 1 is 1.30 bits per heavy atom. The number of carbonyl (C=O) groups excluding carboxylic acids is 1.